The highest BCUT2D eigenvalue weighted by Crippen LogP contribution is 2.28. The lowest BCUT2D eigenvalue weighted by atomic mass is 10.0. The van der Waals surface area contributed by atoms with Gasteiger partial charge in [0, 0.05) is 6.07 Å². The van der Waals surface area contributed by atoms with Crippen LogP contribution in [-0.4, -0.2) is 21.3 Å². The second-order valence-electron chi connectivity index (χ2n) is 3.62. The Bertz CT molecular complexity index is 555. The fourth-order valence-electron chi connectivity index (χ4n) is 1.59. The van der Waals surface area contributed by atoms with Gasteiger partial charge in [0.25, 0.3) is 0 Å². The van der Waals surface area contributed by atoms with E-state index in [-0.39, 0.29) is 17.1 Å². The lowest BCUT2D eigenvalue weighted by Gasteiger charge is -2.04. The van der Waals surface area contributed by atoms with Gasteiger partial charge in [-0.2, -0.15) is 0 Å². The van der Waals surface area contributed by atoms with E-state index in [0.29, 0.717) is 11.1 Å². The fourth-order valence-corrected chi connectivity index (χ4v) is 1.59. The SMILES string of the molecule is O=C(O)c1cccc(-c2cc(O)cc(O)c2)c1. The lowest BCUT2D eigenvalue weighted by molar-refractivity contribution is 0.0697. The van der Waals surface area contributed by atoms with Gasteiger partial charge < -0.3 is 15.3 Å². The van der Waals surface area contributed by atoms with Gasteiger partial charge in [0.1, 0.15) is 11.5 Å². The summed E-state index contributed by atoms with van der Waals surface area (Å²) in [5.74, 6) is -1.15. The van der Waals surface area contributed by atoms with Crippen LogP contribution in [0.1, 0.15) is 10.4 Å². The van der Waals surface area contributed by atoms with Crippen molar-refractivity contribution in [1.82, 2.24) is 0 Å². The standard InChI is InChI=1S/C13H10O4/c14-11-5-10(6-12(15)7-11)8-2-1-3-9(4-8)13(16)17/h1-7,14-15H,(H,16,17). The normalized spacial score (nSPS) is 10.1. The minimum atomic E-state index is -1.02. The molecule has 2 aromatic carbocycles. The van der Waals surface area contributed by atoms with Crippen molar-refractivity contribution in [3.05, 3.63) is 48.0 Å². The van der Waals surface area contributed by atoms with E-state index in [2.05, 4.69) is 0 Å². The molecule has 0 aliphatic rings. The summed E-state index contributed by atoms with van der Waals surface area (Å²) in [6.45, 7) is 0. The molecule has 0 radical (unpaired) electrons. The Kier molecular flexibility index (Phi) is 2.70. The third-order valence-corrected chi connectivity index (χ3v) is 2.35. The topological polar surface area (TPSA) is 77.8 Å². The number of carboxylic acids is 1. The van der Waals surface area contributed by atoms with Crippen LogP contribution >= 0.6 is 0 Å². The first-order valence-corrected chi connectivity index (χ1v) is 4.93. The summed E-state index contributed by atoms with van der Waals surface area (Å²) in [5.41, 5.74) is 1.34. The quantitative estimate of drug-likeness (QED) is 0.740. The third kappa shape index (κ3) is 2.36. The van der Waals surface area contributed by atoms with E-state index >= 15 is 0 Å². The number of aromatic carboxylic acids is 1. The Balaban J connectivity index is 2.52. The van der Waals surface area contributed by atoms with E-state index in [9.17, 15) is 15.0 Å². The van der Waals surface area contributed by atoms with Crippen molar-refractivity contribution in [3.8, 4) is 22.6 Å². The van der Waals surface area contributed by atoms with Crippen LogP contribution in [-0.2, 0) is 0 Å². The first-order chi connectivity index (χ1) is 8.06. The number of hydrogen-bond acceptors (Lipinski definition) is 3. The molecule has 0 bridgehead atoms. The maximum Gasteiger partial charge on any atom is 0.335 e. The maximum atomic E-state index is 10.8. The van der Waals surface area contributed by atoms with Crippen molar-refractivity contribution in [2.24, 2.45) is 0 Å². The monoisotopic (exact) mass is 230 g/mol. The molecule has 3 N–H and O–H groups in total. The van der Waals surface area contributed by atoms with E-state index < -0.39 is 5.97 Å². The van der Waals surface area contributed by atoms with Gasteiger partial charge in [0.2, 0.25) is 0 Å². The maximum absolute atomic E-state index is 10.8. The molecule has 0 saturated heterocycles. The Morgan fingerprint density at radius 3 is 2.12 bits per heavy atom. The van der Waals surface area contributed by atoms with Gasteiger partial charge in [-0.15, -0.1) is 0 Å². The predicted octanol–water partition coefficient (Wildman–Crippen LogP) is 2.46. The predicted molar refractivity (Wildman–Crippen MR) is 62.2 cm³/mol. The summed E-state index contributed by atoms with van der Waals surface area (Å²) in [7, 11) is 0. The largest absolute Gasteiger partial charge is 0.508 e. The van der Waals surface area contributed by atoms with Gasteiger partial charge in [-0.05, 0) is 35.4 Å². The van der Waals surface area contributed by atoms with Gasteiger partial charge in [-0.3, -0.25) is 0 Å². The molecule has 4 nitrogen and oxygen atoms in total. The number of benzene rings is 2. The van der Waals surface area contributed by atoms with Crippen molar-refractivity contribution in [2.45, 2.75) is 0 Å². The highest BCUT2D eigenvalue weighted by Gasteiger charge is 2.06. The Morgan fingerprint density at radius 1 is 0.882 bits per heavy atom. The summed E-state index contributed by atoms with van der Waals surface area (Å²) in [5, 5.41) is 27.6. The number of phenols is 2. The second-order valence-corrected chi connectivity index (χ2v) is 3.62. The number of hydrogen-bond donors (Lipinski definition) is 3. The summed E-state index contributed by atoms with van der Waals surface area (Å²) in [6, 6.07) is 10.4. The summed E-state index contributed by atoms with van der Waals surface area (Å²) in [4.78, 5) is 10.8. The molecule has 2 aromatic rings. The second kappa shape index (κ2) is 4.17. The molecule has 0 unspecified atom stereocenters. The molecule has 0 amide bonds. The van der Waals surface area contributed by atoms with Gasteiger partial charge in [0.05, 0.1) is 5.56 Å². The van der Waals surface area contributed by atoms with E-state index in [0.717, 1.165) is 0 Å². The highest BCUT2D eigenvalue weighted by molar-refractivity contribution is 5.89. The molecule has 0 atom stereocenters. The van der Waals surface area contributed by atoms with Crippen LogP contribution in [0.25, 0.3) is 11.1 Å². The van der Waals surface area contributed by atoms with Crippen molar-refractivity contribution >= 4 is 5.97 Å². The molecule has 17 heavy (non-hydrogen) atoms. The molecule has 0 heterocycles. The average Bonchev–Trinajstić information content (AvgIpc) is 2.28. The van der Waals surface area contributed by atoms with Crippen LogP contribution in [0.5, 0.6) is 11.5 Å². The molecule has 2 rings (SSSR count). The van der Waals surface area contributed by atoms with Crippen molar-refractivity contribution < 1.29 is 20.1 Å². The number of carbonyl (C=O) groups is 1. The van der Waals surface area contributed by atoms with E-state index in [4.69, 9.17) is 5.11 Å². The lowest BCUT2D eigenvalue weighted by Crippen LogP contribution is -1.95. The van der Waals surface area contributed by atoms with Gasteiger partial charge >= 0.3 is 5.97 Å². The van der Waals surface area contributed by atoms with Crippen LogP contribution in [0, 0.1) is 0 Å². The Morgan fingerprint density at radius 2 is 1.53 bits per heavy atom. The number of phenolic OH excluding ortho intramolecular Hbond substituents is 2. The number of rotatable bonds is 2. The number of aromatic hydroxyl groups is 2. The smallest absolute Gasteiger partial charge is 0.335 e. The van der Waals surface area contributed by atoms with Crippen LogP contribution in [0.15, 0.2) is 42.5 Å². The molecular formula is C13H10O4. The summed E-state index contributed by atoms with van der Waals surface area (Å²) < 4.78 is 0. The summed E-state index contributed by atoms with van der Waals surface area (Å²) >= 11 is 0. The fraction of sp³-hybridized carbons (Fsp3) is 0. The van der Waals surface area contributed by atoms with Crippen molar-refractivity contribution in [1.29, 1.82) is 0 Å². The van der Waals surface area contributed by atoms with Crippen LogP contribution in [0.2, 0.25) is 0 Å². The zero-order valence-electron chi connectivity index (χ0n) is 8.79. The average molecular weight is 230 g/mol. The van der Waals surface area contributed by atoms with Crippen molar-refractivity contribution in [3.63, 3.8) is 0 Å². The van der Waals surface area contributed by atoms with E-state index in [1.54, 1.807) is 12.1 Å². The van der Waals surface area contributed by atoms with Crippen LogP contribution in [0.4, 0.5) is 0 Å². The first-order valence-electron chi connectivity index (χ1n) is 4.93. The third-order valence-electron chi connectivity index (χ3n) is 2.35. The Hall–Kier alpha value is -2.49. The van der Waals surface area contributed by atoms with Gasteiger partial charge in [0.15, 0.2) is 0 Å². The molecule has 0 aliphatic carbocycles. The van der Waals surface area contributed by atoms with E-state index in [1.807, 2.05) is 0 Å². The van der Waals surface area contributed by atoms with Gasteiger partial charge in [-0.1, -0.05) is 12.1 Å². The molecule has 0 saturated carbocycles. The van der Waals surface area contributed by atoms with Gasteiger partial charge in [-0.25, -0.2) is 4.79 Å². The Labute approximate surface area is 97.4 Å². The molecule has 0 aliphatic heterocycles. The zero-order valence-corrected chi connectivity index (χ0v) is 8.79. The molecular weight excluding hydrogens is 220 g/mol. The molecule has 4 heteroatoms. The number of carboxylic acid groups (broad SMARTS) is 1. The van der Waals surface area contributed by atoms with Crippen LogP contribution < -0.4 is 0 Å². The molecule has 0 spiro atoms. The highest BCUT2D eigenvalue weighted by atomic mass is 16.4. The minimum absolute atomic E-state index is 0.0688. The zero-order chi connectivity index (χ0) is 12.4. The minimum Gasteiger partial charge on any atom is -0.508 e. The molecule has 0 fully saturated rings. The molecule has 86 valence electrons. The van der Waals surface area contributed by atoms with E-state index in [1.165, 1.54) is 30.3 Å². The van der Waals surface area contributed by atoms with Crippen LogP contribution in [0.3, 0.4) is 0 Å². The van der Waals surface area contributed by atoms with Crippen molar-refractivity contribution in [2.75, 3.05) is 0 Å². The first kappa shape index (κ1) is 11.0. The summed E-state index contributed by atoms with van der Waals surface area (Å²) in [6.07, 6.45) is 0. The molecule has 0 aromatic heterocycles.